The average Bonchev–Trinajstić information content (AvgIpc) is 2.81. The molecule has 0 aliphatic heterocycles. The van der Waals surface area contributed by atoms with Gasteiger partial charge in [0.1, 0.15) is 23.0 Å². The largest absolute Gasteiger partial charge is 0.336 e. The van der Waals surface area contributed by atoms with Crippen LogP contribution in [0, 0.1) is 0 Å². The number of hydrogen-bond acceptors (Lipinski definition) is 4. The van der Waals surface area contributed by atoms with E-state index in [2.05, 4.69) is 24.9 Å². The molecule has 8 heteroatoms. The van der Waals surface area contributed by atoms with Gasteiger partial charge in [0.2, 0.25) is 0 Å². The minimum absolute atomic E-state index is 0.145. The lowest BCUT2D eigenvalue weighted by Gasteiger charge is -2.03. The van der Waals surface area contributed by atoms with Crippen LogP contribution in [0.1, 0.15) is 12.1 Å². The number of H-pyrrole nitrogens is 1. The highest BCUT2D eigenvalue weighted by Crippen LogP contribution is 2.28. The zero-order valence-corrected chi connectivity index (χ0v) is 10.1. The molecule has 0 bridgehead atoms. The third-order valence-corrected chi connectivity index (χ3v) is 2.73. The van der Waals surface area contributed by atoms with Gasteiger partial charge in [-0.05, 0) is 12.1 Å². The minimum Gasteiger partial charge on any atom is -0.336 e. The van der Waals surface area contributed by atoms with Crippen molar-refractivity contribution in [1.29, 1.82) is 0 Å². The summed E-state index contributed by atoms with van der Waals surface area (Å²) in [4.78, 5) is 18.3. The van der Waals surface area contributed by atoms with Gasteiger partial charge in [-0.1, -0.05) is 11.6 Å². The molecule has 0 fully saturated rings. The van der Waals surface area contributed by atoms with Crippen LogP contribution in [0.2, 0.25) is 5.15 Å². The molecule has 5 nitrogen and oxygen atoms in total. The molecule has 0 amide bonds. The van der Waals surface area contributed by atoms with Crippen molar-refractivity contribution in [3.8, 4) is 11.4 Å². The Morgan fingerprint density at radius 2 is 2.05 bits per heavy atom. The Balaban J connectivity index is 2.19. The van der Waals surface area contributed by atoms with Gasteiger partial charge in [0.05, 0.1) is 11.1 Å². The van der Waals surface area contributed by atoms with E-state index in [4.69, 9.17) is 11.6 Å². The Hall–Kier alpha value is -2.15. The molecule has 1 N–H and O–H groups in total. The lowest BCUT2D eigenvalue weighted by atomic mass is 10.2. The van der Waals surface area contributed by atoms with E-state index >= 15 is 0 Å². The van der Waals surface area contributed by atoms with Crippen LogP contribution in [0.4, 0.5) is 8.78 Å². The van der Waals surface area contributed by atoms with E-state index in [-0.39, 0.29) is 22.2 Å². The lowest BCUT2D eigenvalue weighted by molar-refractivity contribution is 0.146. The molecular formula is C11H6ClF2N5. The number of pyridine rings is 1. The van der Waals surface area contributed by atoms with Gasteiger partial charge in [-0.2, -0.15) is 0 Å². The predicted molar refractivity (Wildman–Crippen MR) is 64.9 cm³/mol. The highest BCUT2D eigenvalue weighted by atomic mass is 35.5. The van der Waals surface area contributed by atoms with E-state index in [1.54, 1.807) is 12.1 Å². The summed E-state index contributed by atoms with van der Waals surface area (Å²) in [5.74, 6) is 0.237. The van der Waals surface area contributed by atoms with E-state index in [1.165, 1.54) is 6.20 Å². The molecule has 0 aliphatic carbocycles. The zero-order valence-electron chi connectivity index (χ0n) is 9.31. The number of fused-ring (bicyclic) bond motifs is 1. The Kier molecular flexibility index (Phi) is 2.83. The number of hydrogen-bond donors (Lipinski definition) is 1. The predicted octanol–water partition coefficient (Wildman–Crippen LogP) is 3.01. The first-order chi connectivity index (χ1) is 9.15. The second kappa shape index (κ2) is 4.51. The Labute approximate surface area is 110 Å². The SMILES string of the molecule is FC(F)c1ncncc1-c1nc2nc(Cl)ccc2[nH]1. The molecule has 19 heavy (non-hydrogen) atoms. The molecule has 0 spiro atoms. The summed E-state index contributed by atoms with van der Waals surface area (Å²) in [5, 5.41) is 0.281. The number of aromatic nitrogens is 5. The second-order valence-electron chi connectivity index (χ2n) is 3.71. The van der Waals surface area contributed by atoms with Crippen molar-refractivity contribution in [3.05, 3.63) is 35.5 Å². The minimum atomic E-state index is -2.71. The maximum atomic E-state index is 12.9. The smallest absolute Gasteiger partial charge is 0.281 e. The number of alkyl halides is 2. The molecule has 0 aliphatic rings. The molecule has 0 unspecified atom stereocenters. The van der Waals surface area contributed by atoms with Crippen LogP contribution in [0.5, 0.6) is 0 Å². The van der Waals surface area contributed by atoms with E-state index in [0.29, 0.717) is 11.2 Å². The summed E-state index contributed by atoms with van der Waals surface area (Å²) in [6.45, 7) is 0. The molecule has 0 radical (unpaired) electrons. The van der Waals surface area contributed by atoms with E-state index < -0.39 is 6.43 Å². The molecular weight excluding hydrogens is 276 g/mol. The lowest BCUT2D eigenvalue weighted by Crippen LogP contribution is -1.96. The summed E-state index contributed by atoms with van der Waals surface area (Å²) in [6.07, 6.45) is -0.348. The summed E-state index contributed by atoms with van der Waals surface area (Å²) in [5.41, 5.74) is 0.724. The fraction of sp³-hybridized carbons (Fsp3) is 0.0909. The maximum absolute atomic E-state index is 12.9. The van der Waals surface area contributed by atoms with Crippen molar-refractivity contribution >= 4 is 22.8 Å². The van der Waals surface area contributed by atoms with Crippen molar-refractivity contribution in [2.75, 3.05) is 0 Å². The first-order valence-electron chi connectivity index (χ1n) is 5.26. The topological polar surface area (TPSA) is 67.3 Å². The van der Waals surface area contributed by atoms with Gasteiger partial charge in [0.15, 0.2) is 5.65 Å². The molecule has 3 heterocycles. The number of nitrogens with one attached hydrogen (secondary N) is 1. The summed E-state index contributed by atoms with van der Waals surface area (Å²) in [7, 11) is 0. The van der Waals surface area contributed by atoms with Gasteiger partial charge in [-0.15, -0.1) is 0 Å². The quantitative estimate of drug-likeness (QED) is 0.733. The van der Waals surface area contributed by atoms with Crippen molar-refractivity contribution in [1.82, 2.24) is 24.9 Å². The van der Waals surface area contributed by atoms with Crippen LogP contribution in [-0.4, -0.2) is 24.9 Å². The van der Waals surface area contributed by atoms with Crippen molar-refractivity contribution < 1.29 is 8.78 Å². The van der Waals surface area contributed by atoms with Gasteiger partial charge in [-0.3, -0.25) is 0 Å². The van der Waals surface area contributed by atoms with E-state index in [0.717, 1.165) is 6.33 Å². The normalized spacial score (nSPS) is 11.4. The number of aromatic amines is 1. The molecule has 96 valence electrons. The average molecular weight is 282 g/mol. The number of nitrogens with zero attached hydrogens (tertiary/aromatic N) is 4. The Morgan fingerprint density at radius 3 is 2.84 bits per heavy atom. The first kappa shape index (κ1) is 11.9. The Bertz CT molecular complexity index is 743. The van der Waals surface area contributed by atoms with Crippen LogP contribution < -0.4 is 0 Å². The molecule has 3 rings (SSSR count). The highest BCUT2D eigenvalue weighted by Gasteiger charge is 2.18. The number of imidazole rings is 1. The van der Waals surface area contributed by atoms with Gasteiger partial charge in [0.25, 0.3) is 6.43 Å². The summed E-state index contributed by atoms with van der Waals surface area (Å²) >= 11 is 5.75. The molecule has 0 atom stereocenters. The fourth-order valence-electron chi connectivity index (χ4n) is 1.69. The number of rotatable bonds is 2. The van der Waals surface area contributed by atoms with Crippen LogP contribution >= 0.6 is 11.6 Å². The zero-order chi connectivity index (χ0) is 13.4. The van der Waals surface area contributed by atoms with Crippen LogP contribution in [0.25, 0.3) is 22.6 Å². The van der Waals surface area contributed by atoms with Crippen molar-refractivity contribution in [2.45, 2.75) is 6.43 Å². The van der Waals surface area contributed by atoms with E-state index in [1.807, 2.05) is 0 Å². The van der Waals surface area contributed by atoms with Gasteiger partial charge < -0.3 is 4.98 Å². The third-order valence-electron chi connectivity index (χ3n) is 2.52. The van der Waals surface area contributed by atoms with Crippen molar-refractivity contribution in [2.24, 2.45) is 0 Å². The summed E-state index contributed by atoms with van der Waals surface area (Å²) < 4.78 is 25.7. The molecule has 3 aromatic rings. The van der Waals surface area contributed by atoms with Crippen molar-refractivity contribution in [3.63, 3.8) is 0 Å². The van der Waals surface area contributed by atoms with Crippen LogP contribution in [-0.2, 0) is 0 Å². The van der Waals surface area contributed by atoms with Gasteiger partial charge in [-0.25, -0.2) is 28.7 Å². The van der Waals surface area contributed by atoms with E-state index in [9.17, 15) is 8.78 Å². The highest BCUT2D eigenvalue weighted by molar-refractivity contribution is 6.29. The van der Waals surface area contributed by atoms with Gasteiger partial charge >= 0.3 is 0 Å². The number of halogens is 3. The van der Waals surface area contributed by atoms with Crippen LogP contribution in [0.3, 0.4) is 0 Å². The van der Waals surface area contributed by atoms with Gasteiger partial charge in [0, 0.05) is 6.20 Å². The standard InChI is InChI=1S/C11H6ClF2N5/c12-7-2-1-6-11(18-7)19-10(17-6)5-3-15-4-16-8(5)9(13)14/h1-4,9H,(H,17,18,19). The molecule has 0 saturated heterocycles. The maximum Gasteiger partial charge on any atom is 0.281 e. The molecule has 0 saturated carbocycles. The molecule has 0 aromatic carbocycles. The fourth-order valence-corrected chi connectivity index (χ4v) is 1.84. The monoisotopic (exact) mass is 281 g/mol. The molecule has 3 aromatic heterocycles. The van der Waals surface area contributed by atoms with Crippen LogP contribution in [0.15, 0.2) is 24.7 Å². The Morgan fingerprint density at radius 1 is 1.21 bits per heavy atom. The summed E-state index contributed by atoms with van der Waals surface area (Å²) in [6, 6.07) is 3.26. The second-order valence-corrected chi connectivity index (χ2v) is 4.10. The third kappa shape index (κ3) is 2.12. The first-order valence-corrected chi connectivity index (χ1v) is 5.63.